The molecule has 0 fully saturated rings. The average molecular weight is 374 g/mol. The van der Waals surface area contributed by atoms with Crippen LogP contribution in [0.25, 0.3) is 0 Å². The summed E-state index contributed by atoms with van der Waals surface area (Å²) in [6, 6.07) is 11.8. The first kappa shape index (κ1) is 18.7. The van der Waals surface area contributed by atoms with Gasteiger partial charge in [-0.15, -0.1) is 0 Å². The molecule has 0 saturated heterocycles. The fourth-order valence-electron chi connectivity index (χ4n) is 2.50. The second kappa shape index (κ2) is 8.50. The van der Waals surface area contributed by atoms with Crippen LogP contribution in [0.15, 0.2) is 42.5 Å². The SMILES string of the molecule is COc1ccc(NC(=O)N(C)C[C@H](O)COc2ccc3c(c2)OCO3)cc1. The van der Waals surface area contributed by atoms with Crippen LogP contribution in [0.3, 0.4) is 0 Å². The first-order chi connectivity index (χ1) is 13.0. The summed E-state index contributed by atoms with van der Waals surface area (Å²) in [7, 11) is 3.18. The monoisotopic (exact) mass is 374 g/mol. The van der Waals surface area contributed by atoms with Crippen LogP contribution < -0.4 is 24.3 Å². The van der Waals surface area contributed by atoms with Crippen molar-refractivity contribution >= 4 is 11.7 Å². The van der Waals surface area contributed by atoms with Crippen LogP contribution >= 0.6 is 0 Å². The van der Waals surface area contributed by atoms with Gasteiger partial charge < -0.3 is 34.3 Å². The first-order valence-electron chi connectivity index (χ1n) is 8.42. The lowest BCUT2D eigenvalue weighted by Gasteiger charge is -2.21. The van der Waals surface area contributed by atoms with Gasteiger partial charge in [-0.1, -0.05) is 0 Å². The van der Waals surface area contributed by atoms with Gasteiger partial charge in [-0.05, 0) is 36.4 Å². The molecule has 0 bridgehead atoms. The van der Waals surface area contributed by atoms with E-state index >= 15 is 0 Å². The van der Waals surface area contributed by atoms with Crippen LogP contribution in [0.4, 0.5) is 10.5 Å². The second-order valence-corrected chi connectivity index (χ2v) is 6.02. The fourth-order valence-corrected chi connectivity index (χ4v) is 2.50. The molecule has 144 valence electrons. The number of methoxy groups -OCH3 is 1. The summed E-state index contributed by atoms with van der Waals surface area (Å²) in [5.41, 5.74) is 0.638. The van der Waals surface area contributed by atoms with Crippen LogP contribution in [0.2, 0.25) is 0 Å². The topological polar surface area (TPSA) is 89.5 Å². The number of hydrogen-bond acceptors (Lipinski definition) is 6. The molecule has 1 heterocycles. The quantitative estimate of drug-likeness (QED) is 0.773. The van der Waals surface area contributed by atoms with Crippen LogP contribution in [0, 0.1) is 0 Å². The number of amides is 2. The molecule has 27 heavy (non-hydrogen) atoms. The van der Waals surface area contributed by atoms with Gasteiger partial charge >= 0.3 is 6.03 Å². The molecule has 8 heteroatoms. The number of aliphatic hydroxyl groups excluding tert-OH is 1. The molecule has 0 unspecified atom stereocenters. The van der Waals surface area contributed by atoms with E-state index in [0.29, 0.717) is 28.7 Å². The number of nitrogens with zero attached hydrogens (tertiary/aromatic N) is 1. The Morgan fingerprint density at radius 2 is 1.89 bits per heavy atom. The molecule has 1 atom stereocenters. The molecule has 2 aromatic rings. The Balaban J connectivity index is 1.45. The molecule has 0 aliphatic carbocycles. The molecule has 3 rings (SSSR count). The highest BCUT2D eigenvalue weighted by Crippen LogP contribution is 2.35. The minimum Gasteiger partial charge on any atom is -0.497 e. The molecule has 2 N–H and O–H groups in total. The van der Waals surface area contributed by atoms with Crippen molar-refractivity contribution in [3.05, 3.63) is 42.5 Å². The Bertz CT molecular complexity index is 780. The van der Waals surface area contributed by atoms with Crippen molar-refractivity contribution < 1.29 is 28.8 Å². The van der Waals surface area contributed by atoms with Gasteiger partial charge in [0.25, 0.3) is 0 Å². The third kappa shape index (κ3) is 4.95. The number of nitrogens with one attached hydrogen (secondary N) is 1. The lowest BCUT2D eigenvalue weighted by molar-refractivity contribution is 0.0849. The summed E-state index contributed by atoms with van der Waals surface area (Å²) in [5, 5.41) is 12.9. The van der Waals surface area contributed by atoms with Crippen LogP contribution in [-0.2, 0) is 0 Å². The Kier molecular flexibility index (Phi) is 5.87. The standard InChI is InChI=1S/C19H22N2O6/c1-21(19(23)20-13-3-5-15(24-2)6-4-13)10-14(22)11-25-16-7-8-17-18(9-16)27-12-26-17/h3-9,14,22H,10-12H2,1-2H3,(H,20,23)/t14-/m0/s1. The van der Waals surface area contributed by atoms with Gasteiger partial charge in [0, 0.05) is 18.8 Å². The third-order valence-corrected chi connectivity index (χ3v) is 3.96. The molecule has 0 aromatic heterocycles. The van der Waals surface area contributed by atoms with E-state index in [2.05, 4.69) is 5.32 Å². The van der Waals surface area contributed by atoms with E-state index in [4.69, 9.17) is 18.9 Å². The van der Waals surface area contributed by atoms with Gasteiger partial charge in [0.05, 0.1) is 13.7 Å². The zero-order valence-corrected chi connectivity index (χ0v) is 15.2. The summed E-state index contributed by atoms with van der Waals surface area (Å²) in [6.07, 6.45) is -0.845. The maximum absolute atomic E-state index is 12.2. The summed E-state index contributed by atoms with van der Waals surface area (Å²) < 4.78 is 21.2. The molecule has 2 amide bonds. The molecule has 0 spiro atoms. The lowest BCUT2D eigenvalue weighted by atomic mass is 10.3. The van der Waals surface area contributed by atoms with Crippen molar-refractivity contribution in [2.75, 3.05) is 39.4 Å². The van der Waals surface area contributed by atoms with Crippen molar-refractivity contribution in [3.63, 3.8) is 0 Å². The van der Waals surface area contributed by atoms with Crippen molar-refractivity contribution in [1.82, 2.24) is 4.90 Å². The second-order valence-electron chi connectivity index (χ2n) is 6.02. The number of fused-ring (bicyclic) bond motifs is 1. The van der Waals surface area contributed by atoms with E-state index in [1.807, 2.05) is 0 Å². The maximum Gasteiger partial charge on any atom is 0.321 e. The highest BCUT2D eigenvalue weighted by Gasteiger charge is 2.17. The molecule has 8 nitrogen and oxygen atoms in total. The summed E-state index contributed by atoms with van der Waals surface area (Å²) in [4.78, 5) is 13.6. The number of aliphatic hydroxyl groups is 1. The molecule has 1 aliphatic heterocycles. The number of anilines is 1. The lowest BCUT2D eigenvalue weighted by Crippen LogP contribution is -2.39. The van der Waals surface area contributed by atoms with E-state index in [0.717, 1.165) is 0 Å². The summed E-state index contributed by atoms with van der Waals surface area (Å²) in [5.74, 6) is 2.54. The number of benzene rings is 2. The van der Waals surface area contributed by atoms with E-state index in [1.54, 1.807) is 56.6 Å². The van der Waals surface area contributed by atoms with Crippen LogP contribution in [0.5, 0.6) is 23.0 Å². The van der Waals surface area contributed by atoms with E-state index in [9.17, 15) is 9.90 Å². The fraction of sp³-hybridized carbons (Fsp3) is 0.316. The largest absolute Gasteiger partial charge is 0.497 e. The highest BCUT2D eigenvalue weighted by molar-refractivity contribution is 5.89. The van der Waals surface area contributed by atoms with Crippen LogP contribution in [0.1, 0.15) is 0 Å². The van der Waals surface area contributed by atoms with Gasteiger partial charge in [-0.3, -0.25) is 0 Å². The Labute approximate surface area is 157 Å². The molecular weight excluding hydrogens is 352 g/mol. The maximum atomic E-state index is 12.2. The minimum absolute atomic E-state index is 0.0415. The van der Waals surface area contributed by atoms with Crippen LogP contribution in [-0.4, -0.2) is 56.2 Å². The minimum atomic E-state index is -0.845. The zero-order valence-electron chi connectivity index (χ0n) is 15.2. The number of ether oxygens (including phenoxy) is 4. The molecule has 0 saturated carbocycles. The summed E-state index contributed by atoms with van der Waals surface area (Å²) in [6.45, 7) is 0.349. The van der Waals surface area contributed by atoms with Crippen molar-refractivity contribution in [2.24, 2.45) is 0 Å². The van der Waals surface area contributed by atoms with E-state index < -0.39 is 6.10 Å². The highest BCUT2D eigenvalue weighted by atomic mass is 16.7. The Morgan fingerprint density at radius 3 is 2.63 bits per heavy atom. The van der Waals surface area contributed by atoms with Gasteiger partial charge in [0.2, 0.25) is 6.79 Å². The number of urea groups is 1. The number of rotatable bonds is 7. The predicted molar refractivity (Wildman–Crippen MR) is 98.7 cm³/mol. The molecule has 0 radical (unpaired) electrons. The van der Waals surface area contributed by atoms with Gasteiger partial charge in [-0.2, -0.15) is 0 Å². The number of carbonyl (C=O) groups is 1. The number of likely N-dealkylation sites (N-methyl/N-ethyl adjacent to an activating group) is 1. The zero-order chi connectivity index (χ0) is 19.2. The number of carbonyl (C=O) groups excluding carboxylic acids is 1. The van der Waals surface area contributed by atoms with Crippen molar-refractivity contribution in [1.29, 1.82) is 0 Å². The van der Waals surface area contributed by atoms with E-state index in [-0.39, 0.29) is 26.0 Å². The normalized spacial score (nSPS) is 13.0. The van der Waals surface area contributed by atoms with Gasteiger partial charge in [0.15, 0.2) is 11.5 Å². The molecule has 2 aromatic carbocycles. The Morgan fingerprint density at radius 1 is 1.19 bits per heavy atom. The van der Waals surface area contributed by atoms with Gasteiger partial charge in [0.1, 0.15) is 24.2 Å². The third-order valence-electron chi connectivity index (χ3n) is 3.96. The Hall–Kier alpha value is -3.13. The summed E-state index contributed by atoms with van der Waals surface area (Å²) >= 11 is 0. The first-order valence-corrected chi connectivity index (χ1v) is 8.42. The molecule has 1 aliphatic rings. The molecular formula is C19H22N2O6. The predicted octanol–water partition coefficient (Wildman–Crippen LogP) is 2.33. The smallest absolute Gasteiger partial charge is 0.321 e. The van der Waals surface area contributed by atoms with Gasteiger partial charge in [-0.25, -0.2) is 4.79 Å². The number of hydrogen-bond donors (Lipinski definition) is 2. The average Bonchev–Trinajstić information content (AvgIpc) is 3.14. The van der Waals surface area contributed by atoms with Crippen molar-refractivity contribution in [2.45, 2.75) is 6.10 Å². The van der Waals surface area contributed by atoms with Crippen molar-refractivity contribution in [3.8, 4) is 23.0 Å². The van der Waals surface area contributed by atoms with E-state index in [1.165, 1.54) is 4.90 Å².